The van der Waals surface area contributed by atoms with Gasteiger partial charge in [-0.25, -0.2) is 4.98 Å². The minimum absolute atomic E-state index is 0.125. The summed E-state index contributed by atoms with van der Waals surface area (Å²) in [5.74, 6) is 0.399. The van der Waals surface area contributed by atoms with Gasteiger partial charge in [0.25, 0.3) is 0 Å². The number of hydrogen-bond acceptors (Lipinski definition) is 5. The fourth-order valence-corrected chi connectivity index (χ4v) is 6.24. The molecular weight excluding hydrogens is 356 g/mol. The molecular formula is C21H28N4OS. The van der Waals surface area contributed by atoms with Gasteiger partial charge in [-0.15, -0.1) is 0 Å². The van der Waals surface area contributed by atoms with Crippen molar-refractivity contribution in [2.45, 2.75) is 32.6 Å². The molecule has 0 bridgehead atoms. The first kappa shape index (κ1) is 17.4. The van der Waals surface area contributed by atoms with E-state index in [1.54, 1.807) is 11.3 Å². The van der Waals surface area contributed by atoms with Crippen LogP contribution < -0.4 is 10.2 Å². The van der Waals surface area contributed by atoms with Crippen molar-refractivity contribution in [2.24, 2.45) is 10.8 Å². The van der Waals surface area contributed by atoms with E-state index in [1.807, 2.05) is 6.07 Å². The molecule has 1 aromatic carbocycles. The van der Waals surface area contributed by atoms with Crippen LogP contribution in [0.3, 0.4) is 0 Å². The summed E-state index contributed by atoms with van der Waals surface area (Å²) in [5, 5.41) is 4.54. The zero-order valence-electron chi connectivity index (χ0n) is 16.0. The molecule has 1 N–H and O–H groups in total. The maximum Gasteiger partial charge on any atom is 0.229 e. The number of aromatic nitrogens is 1. The van der Waals surface area contributed by atoms with Crippen LogP contribution in [0.5, 0.6) is 0 Å². The molecule has 5 nitrogen and oxygen atoms in total. The zero-order chi connectivity index (χ0) is 18.5. The third kappa shape index (κ3) is 2.85. The monoisotopic (exact) mass is 384 g/mol. The summed E-state index contributed by atoms with van der Waals surface area (Å²) in [4.78, 5) is 22.7. The molecule has 1 amide bonds. The van der Waals surface area contributed by atoms with E-state index < -0.39 is 0 Å². The molecule has 27 heavy (non-hydrogen) atoms. The lowest BCUT2D eigenvalue weighted by Crippen LogP contribution is -2.42. The third-order valence-electron chi connectivity index (χ3n) is 7.11. The van der Waals surface area contributed by atoms with Crippen molar-refractivity contribution in [1.29, 1.82) is 0 Å². The number of anilines is 1. The van der Waals surface area contributed by atoms with Gasteiger partial charge in [0.2, 0.25) is 5.91 Å². The first-order valence-corrected chi connectivity index (χ1v) is 11.0. The standard InChI is InChI=1S/C21H28N4OS/c1-20(15-21(20)7-9-22-10-8-21)18(26)24-11-4-12-25(14-13-24)19-23-16-5-2-3-6-17(16)27-19/h2-3,5-6,22H,4,7-15H2,1H3. The van der Waals surface area contributed by atoms with Crippen LogP contribution in [0.4, 0.5) is 5.13 Å². The average molecular weight is 385 g/mol. The normalized spacial score (nSPS) is 27.7. The Kier molecular flexibility index (Phi) is 4.17. The van der Waals surface area contributed by atoms with E-state index in [1.165, 1.54) is 4.70 Å². The van der Waals surface area contributed by atoms with Gasteiger partial charge in [-0.3, -0.25) is 4.79 Å². The Morgan fingerprint density at radius 2 is 1.96 bits per heavy atom. The predicted molar refractivity (Wildman–Crippen MR) is 110 cm³/mol. The van der Waals surface area contributed by atoms with Crippen LogP contribution in [-0.2, 0) is 4.79 Å². The van der Waals surface area contributed by atoms with Gasteiger partial charge < -0.3 is 15.1 Å². The summed E-state index contributed by atoms with van der Waals surface area (Å²) in [6.07, 6.45) is 4.41. The van der Waals surface area contributed by atoms with Gasteiger partial charge in [-0.2, -0.15) is 0 Å². The van der Waals surface area contributed by atoms with E-state index in [4.69, 9.17) is 4.98 Å². The molecule has 1 unspecified atom stereocenters. The molecule has 1 spiro atoms. The maximum atomic E-state index is 13.4. The predicted octanol–water partition coefficient (Wildman–Crippen LogP) is 3.11. The number of rotatable bonds is 2. The van der Waals surface area contributed by atoms with Gasteiger partial charge in [-0.1, -0.05) is 30.4 Å². The minimum Gasteiger partial charge on any atom is -0.346 e. The second kappa shape index (κ2) is 6.45. The highest BCUT2D eigenvalue weighted by atomic mass is 32.1. The highest BCUT2D eigenvalue weighted by Crippen LogP contribution is 2.69. The summed E-state index contributed by atoms with van der Waals surface area (Å²) in [6.45, 7) is 7.91. The molecule has 3 aliphatic rings. The zero-order valence-corrected chi connectivity index (χ0v) is 16.9. The molecule has 5 rings (SSSR count). The quantitative estimate of drug-likeness (QED) is 0.864. The van der Waals surface area contributed by atoms with Crippen LogP contribution in [0.25, 0.3) is 10.2 Å². The first-order chi connectivity index (χ1) is 13.1. The largest absolute Gasteiger partial charge is 0.346 e. The molecule has 2 aliphatic heterocycles. The molecule has 0 radical (unpaired) electrons. The molecule has 1 atom stereocenters. The molecule has 1 aromatic heterocycles. The van der Waals surface area contributed by atoms with Gasteiger partial charge in [0.05, 0.1) is 15.6 Å². The van der Waals surface area contributed by atoms with Crippen molar-refractivity contribution in [2.75, 3.05) is 44.2 Å². The van der Waals surface area contributed by atoms with Crippen LogP contribution in [-0.4, -0.2) is 55.1 Å². The van der Waals surface area contributed by atoms with Crippen LogP contribution in [0.2, 0.25) is 0 Å². The van der Waals surface area contributed by atoms with E-state index >= 15 is 0 Å². The number of hydrogen-bond donors (Lipinski definition) is 1. The lowest BCUT2D eigenvalue weighted by atomic mass is 9.85. The maximum absolute atomic E-state index is 13.4. The number of piperidine rings is 1. The summed E-state index contributed by atoms with van der Waals surface area (Å²) < 4.78 is 1.24. The second-order valence-corrected chi connectivity index (χ2v) is 9.65. The molecule has 2 aromatic rings. The number of amides is 1. The smallest absolute Gasteiger partial charge is 0.229 e. The van der Waals surface area contributed by atoms with Crippen molar-refractivity contribution in [3.63, 3.8) is 0 Å². The molecule has 144 valence electrons. The number of carbonyl (C=O) groups excluding carboxylic acids is 1. The lowest BCUT2D eigenvalue weighted by Gasteiger charge is -2.31. The SMILES string of the molecule is CC1(C(=O)N2CCCN(c3nc4ccccc4s3)CC2)CC12CCNCC2. The van der Waals surface area contributed by atoms with Gasteiger partial charge >= 0.3 is 0 Å². The Morgan fingerprint density at radius 1 is 1.15 bits per heavy atom. The van der Waals surface area contributed by atoms with Gasteiger partial charge in [0, 0.05) is 26.2 Å². The highest BCUT2D eigenvalue weighted by Gasteiger charge is 2.68. The molecule has 6 heteroatoms. The van der Waals surface area contributed by atoms with Crippen molar-refractivity contribution in [3.05, 3.63) is 24.3 Å². The van der Waals surface area contributed by atoms with Gasteiger partial charge in [0.1, 0.15) is 0 Å². The Bertz CT molecular complexity index is 826. The van der Waals surface area contributed by atoms with Crippen LogP contribution in [0.1, 0.15) is 32.6 Å². The molecule has 3 heterocycles. The lowest BCUT2D eigenvalue weighted by molar-refractivity contribution is -0.137. The molecule has 3 fully saturated rings. The van der Waals surface area contributed by atoms with Crippen molar-refractivity contribution < 1.29 is 4.79 Å². The van der Waals surface area contributed by atoms with E-state index in [-0.39, 0.29) is 10.8 Å². The molecule has 1 aliphatic carbocycles. The van der Waals surface area contributed by atoms with E-state index in [0.29, 0.717) is 5.91 Å². The second-order valence-electron chi connectivity index (χ2n) is 8.64. The van der Waals surface area contributed by atoms with Crippen LogP contribution in [0.15, 0.2) is 24.3 Å². The van der Waals surface area contributed by atoms with Crippen molar-refractivity contribution >= 4 is 32.6 Å². The van der Waals surface area contributed by atoms with E-state index in [2.05, 4.69) is 40.2 Å². The minimum atomic E-state index is -0.125. The van der Waals surface area contributed by atoms with Crippen molar-refractivity contribution in [1.82, 2.24) is 15.2 Å². The summed E-state index contributed by atoms with van der Waals surface area (Å²) in [5.41, 5.74) is 1.22. The van der Waals surface area contributed by atoms with Gasteiger partial charge in [0.15, 0.2) is 5.13 Å². The number of fused-ring (bicyclic) bond motifs is 1. The highest BCUT2D eigenvalue weighted by molar-refractivity contribution is 7.22. The summed E-state index contributed by atoms with van der Waals surface area (Å²) in [7, 11) is 0. The fourth-order valence-electron chi connectivity index (χ4n) is 5.23. The Hall–Kier alpha value is -1.66. The molecule has 1 saturated carbocycles. The van der Waals surface area contributed by atoms with Crippen molar-refractivity contribution in [3.8, 4) is 0 Å². The molecule has 2 saturated heterocycles. The fraction of sp³-hybridized carbons (Fsp3) is 0.619. The Labute approximate surface area is 164 Å². The number of thiazole rings is 1. The number of nitrogens with one attached hydrogen (secondary N) is 1. The Morgan fingerprint density at radius 3 is 2.78 bits per heavy atom. The summed E-state index contributed by atoms with van der Waals surface area (Å²) in [6, 6.07) is 8.33. The number of para-hydroxylation sites is 1. The topological polar surface area (TPSA) is 48.5 Å². The van der Waals surface area contributed by atoms with Gasteiger partial charge in [-0.05, 0) is 56.3 Å². The number of benzene rings is 1. The summed E-state index contributed by atoms with van der Waals surface area (Å²) >= 11 is 1.76. The number of nitrogens with zero attached hydrogens (tertiary/aromatic N) is 3. The van der Waals surface area contributed by atoms with E-state index in [0.717, 1.165) is 75.6 Å². The average Bonchev–Trinajstić information content (AvgIpc) is 3.14. The van der Waals surface area contributed by atoms with Crippen LogP contribution in [0, 0.1) is 10.8 Å². The van der Waals surface area contributed by atoms with Crippen LogP contribution >= 0.6 is 11.3 Å². The first-order valence-electron chi connectivity index (χ1n) is 10.2. The third-order valence-corrected chi connectivity index (χ3v) is 8.20. The number of carbonyl (C=O) groups is 1. The Balaban J connectivity index is 1.28. The van der Waals surface area contributed by atoms with E-state index in [9.17, 15) is 4.79 Å².